The van der Waals surface area contributed by atoms with Crippen LogP contribution >= 0.6 is 11.8 Å². The third-order valence-electron chi connectivity index (χ3n) is 3.46. The molecule has 0 bridgehead atoms. The number of nitriles is 1. The van der Waals surface area contributed by atoms with E-state index in [1.807, 2.05) is 43.3 Å². The first-order valence-corrected chi connectivity index (χ1v) is 8.37. The van der Waals surface area contributed by atoms with Crippen molar-refractivity contribution < 1.29 is 0 Å². The summed E-state index contributed by atoms with van der Waals surface area (Å²) in [7, 11) is 0. The van der Waals surface area contributed by atoms with Crippen molar-refractivity contribution in [2.45, 2.75) is 18.4 Å². The molecule has 0 radical (unpaired) electrons. The van der Waals surface area contributed by atoms with Crippen LogP contribution in [0.15, 0.2) is 53.5 Å². The average molecular weight is 321 g/mol. The normalized spacial score (nSPS) is 10.6. The highest BCUT2D eigenvalue weighted by molar-refractivity contribution is 7.97. The zero-order valence-electron chi connectivity index (χ0n) is 12.7. The predicted molar refractivity (Wildman–Crippen MR) is 92.4 cm³/mol. The Hall–Kier alpha value is -2.58. The molecule has 0 saturated carbocycles. The van der Waals surface area contributed by atoms with Crippen LogP contribution in [0.25, 0.3) is 5.65 Å². The summed E-state index contributed by atoms with van der Waals surface area (Å²) in [5, 5.41) is 8.79. The molecule has 2 heterocycles. The topological polar surface area (TPSA) is 58.2 Å². The molecule has 0 unspecified atom stereocenters. The van der Waals surface area contributed by atoms with E-state index in [0.29, 0.717) is 17.0 Å². The van der Waals surface area contributed by atoms with Crippen LogP contribution < -0.4 is 5.56 Å². The monoisotopic (exact) mass is 321 g/mol. The van der Waals surface area contributed by atoms with Gasteiger partial charge in [0.1, 0.15) is 5.65 Å². The predicted octanol–water partition coefficient (Wildman–Crippen LogP) is 3.31. The molecule has 4 nitrogen and oxygen atoms in total. The Kier molecular flexibility index (Phi) is 4.45. The van der Waals surface area contributed by atoms with Crippen LogP contribution in [0.2, 0.25) is 0 Å². The number of hydrogen-bond acceptors (Lipinski definition) is 4. The van der Waals surface area contributed by atoms with Crippen molar-refractivity contribution in [3.8, 4) is 6.07 Å². The number of nitrogens with zero attached hydrogens (tertiary/aromatic N) is 3. The lowest BCUT2D eigenvalue weighted by molar-refractivity contribution is 1.00. The standard InChI is InChI=1S/C18H15N3OS/c1-13-2-7-17-20-16(8-18(22)21(17)10-13)12-23-11-15-5-3-14(9-19)4-6-15/h2-8,10H,11-12H2,1H3. The van der Waals surface area contributed by atoms with Gasteiger partial charge in [-0.05, 0) is 36.2 Å². The molecular weight excluding hydrogens is 306 g/mol. The second-order valence-electron chi connectivity index (χ2n) is 5.32. The molecule has 0 aliphatic rings. The Morgan fingerprint density at radius 3 is 2.70 bits per heavy atom. The summed E-state index contributed by atoms with van der Waals surface area (Å²) in [5.41, 5.74) is 4.27. The zero-order chi connectivity index (χ0) is 16.2. The molecule has 2 aromatic heterocycles. The van der Waals surface area contributed by atoms with E-state index in [9.17, 15) is 4.79 Å². The molecule has 0 atom stereocenters. The highest BCUT2D eigenvalue weighted by Gasteiger charge is 2.03. The lowest BCUT2D eigenvalue weighted by Crippen LogP contribution is -2.15. The van der Waals surface area contributed by atoms with Gasteiger partial charge in [0.05, 0.1) is 17.3 Å². The van der Waals surface area contributed by atoms with Gasteiger partial charge >= 0.3 is 0 Å². The molecule has 0 aliphatic carbocycles. The van der Waals surface area contributed by atoms with E-state index >= 15 is 0 Å². The largest absolute Gasteiger partial charge is 0.269 e. The maximum atomic E-state index is 12.1. The first-order chi connectivity index (χ1) is 11.2. The van der Waals surface area contributed by atoms with E-state index in [0.717, 1.165) is 22.6 Å². The van der Waals surface area contributed by atoms with E-state index in [1.165, 1.54) is 0 Å². The van der Waals surface area contributed by atoms with Gasteiger partial charge in [0.25, 0.3) is 5.56 Å². The molecule has 1 aromatic carbocycles. The minimum atomic E-state index is -0.0485. The van der Waals surface area contributed by atoms with Crippen LogP contribution in [0.1, 0.15) is 22.4 Å². The first kappa shape index (κ1) is 15.3. The number of aryl methyl sites for hydroxylation is 1. The molecule has 23 heavy (non-hydrogen) atoms. The second-order valence-corrected chi connectivity index (χ2v) is 6.31. The highest BCUT2D eigenvalue weighted by Crippen LogP contribution is 2.17. The van der Waals surface area contributed by atoms with E-state index < -0.39 is 0 Å². The molecule has 0 fully saturated rings. The minimum Gasteiger partial charge on any atom is -0.269 e. The Labute approximate surface area is 138 Å². The van der Waals surface area contributed by atoms with E-state index in [1.54, 1.807) is 28.4 Å². The van der Waals surface area contributed by atoms with Crippen LogP contribution in [0.4, 0.5) is 0 Å². The van der Waals surface area contributed by atoms with Gasteiger partial charge in [-0.25, -0.2) is 4.98 Å². The van der Waals surface area contributed by atoms with Crippen molar-refractivity contribution in [2.24, 2.45) is 0 Å². The lowest BCUT2D eigenvalue weighted by Gasteiger charge is -2.05. The fraction of sp³-hybridized carbons (Fsp3) is 0.167. The van der Waals surface area contributed by atoms with Crippen molar-refractivity contribution in [1.82, 2.24) is 9.38 Å². The first-order valence-electron chi connectivity index (χ1n) is 7.21. The average Bonchev–Trinajstić information content (AvgIpc) is 2.56. The highest BCUT2D eigenvalue weighted by atomic mass is 32.2. The maximum Gasteiger partial charge on any atom is 0.258 e. The number of pyridine rings is 1. The van der Waals surface area contributed by atoms with Crippen LogP contribution in [-0.4, -0.2) is 9.38 Å². The Bertz CT molecular complexity index is 939. The molecule has 0 spiro atoms. The number of hydrogen-bond donors (Lipinski definition) is 0. The lowest BCUT2D eigenvalue weighted by atomic mass is 10.2. The van der Waals surface area contributed by atoms with Gasteiger partial charge in [-0.15, -0.1) is 0 Å². The Morgan fingerprint density at radius 2 is 1.96 bits per heavy atom. The van der Waals surface area contributed by atoms with Gasteiger partial charge in [0, 0.05) is 23.8 Å². The number of thioether (sulfide) groups is 1. The fourth-order valence-corrected chi connectivity index (χ4v) is 3.17. The van der Waals surface area contributed by atoms with Crippen molar-refractivity contribution in [3.63, 3.8) is 0 Å². The molecule has 0 amide bonds. The quantitative estimate of drug-likeness (QED) is 0.740. The molecule has 5 heteroatoms. The molecule has 3 rings (SSSR count). The summed E-state index contributed by atoms with van der Waals surface area (Å²) in [5.74, 6) is 1.50. The summed E-state index contributed by atoms with van der Waals surface area (Å²) in [4.78, 5) is 16.7. The molecule has 0 saturated heterocycles. The summed E-state index contributed by atoms with van der Waals surface area (Å²) in [6.45, 7) is 1.95. The van der Waals surface area contributed by atoms with Gasteiger partial charge in [-0.2, -0.15) is 17.0 Å². The number of rotatable bonds is 4. The summed E-state index contributed by atoms with van der Waals surface area (Å²) in [6.07, 6.45) is 1.80. The molecule has 114 valence electrons. The molecule has 3 aromatic rings. The van der Waals surface area contributed by atoms with Crippen molar-refractivity contribution >= 4 is 17.4 Å². The zero-order valence-corrected chi connectivity index (χ0v) is 13.5. The second kappa shape index (κ2) is 6.67. The third-order valence-corrected chi connectivity index (χ3v) is 4.50. The van der Waals surface area contributed by atoms with Gasteiger partial charge < -0.3 is 0 Å². The van der Waals surface area contributed by atoms with E-state index in [4.69, 9.17) is 5.26 Å². The van der Waals surface area contributed by atoms with Crippen LogP contribution in [0.3, 0.4) is 0 Å². The Morgan fingerprint density at radius 1 is 1.17 bits per heavy atom. The van der Waals surface area contributed by atoms with Gasteiger partial charge in [0.2, 0.25) is 0 Å². The van der Waals surface area contributed by atoms with Crippen molar-refractivity contribution in [3.05, 3.63) is 81.4 Å². The van der Waals surface area contributed by atoms with Gasteiger partial charge in [-0.3, -0.25) is 9.20 Å². The smallest absolute Gasteiger partial charge is 0.258 e. The molecule has 0 aliphatic heterocycles. The SMILES string of the molecule is Cc1ccc2nc(CSCc3ccc(C#N)cc3)cc(=O)n2c1. The number of fused-ring (bicyclic) bond motifs is 1. The van der Waals surface area contributed by atoms with Crippen LogP contribution in [0, 0.1) is 18.3 Å². The van der Waals surface area contributed by atoms with Crippen LogP contribution in [0.5, 0.6) is 0 Å². The number of benzene rings is 1. The number of aromatic nitrogens is 2. The van der Waals surface area contributed by atoms with Gasteiger partial charge in [-0.1, -0.05) is 18.2 Å². The van der Waals surface area contributed by atoms with Crippen molar-refractivity contribution in [2.75, 3.05) is 0 Å². The molecular formula is C18H15N3OS. The van der Waals surface area contributed by atoms with E-state index in [2.05, 4.69) is 11.1 Å². The summed E-state index contributed by atoms with van der Waals surface area (Å²) >= 11 is 1.70. The maximum absolute atomic E-state index is 12.1. The minimum absolute atomic E-state index is 0.0485. The van der Waals surface area contributed by atoms with Gasteiger partial charge in [0.15, 0.2) is 0 Å². The van der Waals surface area contributed by atoms with E-state index in [-0.39, 0.29) is 5.56 Å². The summed E-state index contributed by atoms with van der Waals surface area (Å²) in [6, 6.07) is 15.1. The third kappa shape index (κ3) is 3.61. The Balaban J connectivity index is 1.70. The summed E-state index contributed by atoms with van der Waals surface area (Å²) < 4.78 is 1.57. The fourth-order valence-electron chi connectivity index (χ4n) is 2.28. The van der Waals surface area contributed by atoms with Crippen LogP contribution in [-0.2, 0) is 11.5 Å². The van der Waals surface area contributed by atoms with Crippen molar-refractivity contribution in [1.29, 1.82) is 5.26 Å². The molecule has 0 N–H and O–H groups in total.